The predicted octanol–water partition coefficient (Wildman–Crippen LogP) is 2.55. The Morgan fingerprint density at radius 2 is 1.95 bits per heavy atom. The molecule has 114 valence electrons. The summed E-state index contributed by atoms with van der Waals surface area (Å²) in [6.45, 7) is 1.17. The summed E-state index contributed by atoms with van der Waals surface area (Å²) in [6, 6.07) is 5.02. The first-order valence-corrected chi connectivity index (χ1v) is 8.81. The SMILES string of the molecule is O=S(=O)(c1ccc2[nH]c3c(Cl)ncnc3c2c1)N1CCCC1. The Kier molecular flexibility index (Phi) is 3.11. The fraction of sp³-hybridized carbons (Fsp3) is 0.286. The van der Waals surface area contributed by atoms with Gasteiger partial charge < -0.3 is 4.98 Å². The molecule has 1 saturated heterocycles. The highest BCUT2D eigenvalue weighted by atomic mass is 35.5. The summed E-state index contributed by atoms with van der Waals surface area (Å²) in [6.07, 6.45) is 3.20. The molecule has 3 aromatic rings. The molecule has 1 aliphatic rings. The van der Waals surface area contributed by atoms with Gasteiger partial charge in [0.25, 0.3) is 0 Å². The van der Waals surface area contributed by atoms with Crippen LogP contribution in [-0.2, 0) is 10.0 Å². The average molecular weight is 337 g/mol. The van der Waals surface area contributed by atoms with E-state index < -0.39 is 10.0 Å². The Morgan fingerprint density at radius 3 is 2.73 bits per heavy atom. The van der Waals surface area contributed by atoms with E-state index in [-0.39, 0.29) is 4.90 Å². The molecule has 8 heteroatoms. The van der Waals surface area contributed by atoms with Crippen LogP contribution in [0, 0.1) is 0 Å². The third-order valence-corrected chi connectivity index (χ3v) is 6.19. The van der Waals surface area contributed by atoms with Crippen LogP contribution in [0.15, 0.2) is 29.4 Å². The van der Waals surface area contributed by atoms with Gasteiger partial charge in [-0.15, -0.1) is 0 Å². The number of sulfonamides is 1. The van der Waals surface area contributed by atoms with Crippen LogP contribution in [0.25, 0.3) is 21.9 Å². The highest BCUT2D eigenvalue weighted by molar-refractivity contribution is 7.89. The molecule has 3 heterocycles. The topological polar surface area (TPSA) is 79.0 Å². The molecule has 0 saturated carbocycles. The number of aromatic nitrogens is 3. The van der Waals surface area contributed by atoms with Gasteiger partial charge in [-0.2, -0.15) is 4.31 Å². The first-order chi connectivity index (χ1) is 10.6. The van der Waals surface area contributed by atoms with E-state index in [4.69, 9.17) is 11.6 Å². The molecule has 6 nitrogen and oxygen atoms in total. The third-order valence-electron chi connectivity index (χ3n) is 4.01. The molecule has 0 radical (unpaired) electrons. The number of fused-ring (bicyclic) bond motifs is 3. The maximum atomic E-state index is 12.7. The minimum atomic E-state index is -3.44. The summed E-state index contributed by atoms with van der Waals surface area (Å²) < 4.78 is 26.9. The molecule has 0 spiro atoms. The smallest absolute Gasteiger partial charge is 0.243 e. The molecule has 1 aliphatic heterocycles. The van der Waals surface area contributed by atoms with Gasteiger partial charge in [-0.25, -0.2) is 18.4 Å². The van der Waals surface area contributed by atoms with E-state index in [0.717, 1.165) is 23.7 Å². The molecule has 0 amide bonds. The second-order valence-electron chi connectivity index (χ2n) is 5.33. The Morgan fingerprint density at radius 1 is 1.18 bits per heavy atom. The van der Waals surface area contributed by atoms with Crippen molar-refractivity contribution in [3.63, 3.8) is 0 Å². The van der Waals surface area contributed by atoms with Crippen molar-refractivity contribution in [1.29, 1.82) is 0 Å². The Hall–Kier alpha value is -1.70. The maximum Gasteiger partial charge on any atom is 0.243 e. The van der Waals surface area contributed by atoms with Gasteiger partial charge in [0.05, 0.1) is 4.90 Å². The molecule has 22 heavy (non-hydrogen) atoms. The number of rotatable bonds is 2. The van der Waals surface area contributed by atoms with Crippen LogP contribution in [-0.4, -0.2) is 40.8 Å². The van der Waals surface area contributed by atoms with Gasteiger partial charge in [0, 0.05) is 24.0 Å². The van der Waals surface area contributed by atoms with Crippen LogP contribution >= 0.6 is 11.6 Å². The fourth-order valence-electron chi connectivity index (χ4n) is 2.88. The van der Waals surface area contributed by atoms with Gasteiger partial charge >= 0.3 is 0 Å². The molecular weight excluding hydrogens is 324 g/mol. The van der Waals surface area contributed by atoms with E-state index in [1.807, 2.05) is 0 Å². The van der Waals surface area contributed by atoms with Gasteiger partial charge in [0.15, 0.2) is 5.15 Å². The zero-order valence-corrected chi connectivity index (χ0v) is 13.2. The molecule has 0 aliphatic carbocycles. The number of H-pyrrole nitrogens is 1. The van der Waals surface area contributed by atoms with Crippen molar-refractivity contribution in [2.45, 2.75) is 17.7 Å². The molecule has 1 fully saturated rings. The van der Waals surface area contributed by atoms with Gasteiger partial charge in [0.1, 0.15) is 17.4 Å². The molecule has 2 aromatic heterocycles. The van der Waals surface area contributed by atoms with Crippen LogP contribution in [0.3, 0.4) is 0 Å². The number of nitrogens with one attached hydrogen (secondary N) is 1. The van der Waals surface area contributed by atoms with Gasteiger partial charge in [-0.1, -0.05) is 11.6 Å². The quantitative estimate of drug-likeness (QED) is 0.729. The van der Waals surface area contributed by atoms with Gasteiger partial charge in [-0.3, -0.25) is 0 Å². The van der Waals surface area contributed by atoms with Crippen molar-refractivity contribution in [1.82, 2.24) is 19.3 Å². The monoisotopic (exact) mass is 336 g/mol. The molecule has 4 rings (SSSR count). The third kappa shape index (κ3) is 2.00. The summed E-state index contributed by atoms with van der Waals surface area (Å²) in [5, 5.41) is 1.06. The second-order valence-corrected chi connectivity index (χ2v) is 7.63. The van der Waals surface area contributed by atoms with Crippen molar-refractivity contribution in [3.05, 3.63) is 29.7 Å². The standard InChI is InChI=1S/C14H13ClN4O2S/c15-14-13-12(16-8-17-14)10-7-9(3-4-11(10)18-13)22(20,21)19-5-1-2-6-19/h3-4,7-8,18H,1-2,5-6H2. The van der Waals surface area contributed by atoms with Crippen molar-refractivity contribution in [2.75, 3.05) is 13.1 Å². The lowest BCUT2D eigenvalue weighted by Gasteiger charge is -2.15. The van der Waals surface area contributed by atoms with Crippen molar-refractivity contribution in [3.8, 4) is 0 Å². The summed E-state index contributed by atoms with van der Waals surface area (Å²) in [5.74, 6) is 0. The summed E-state index contributed by atoms with van der Waals surface area (Å²) in [7, 11) is -3.44. The number of halogens is 1. The minimum Gasteiger partial charge on any atom is -0.351 e. The molecular formula is C14H13ClN4O2S. The van der Waals surface area contributed by atoms with E-state index in [9.17, 15) is 8.42 Å². The number of aromatic amines is 1. The second kappa shape index (κ2) is 4.91. The lowest BCUT2D eigenvalue weighted by Crippen LogP contribution is -2.27. The molecule has 0 atom stereocenters. The zero-order chi connectivity index (χ0) is 15.3. The summed E-state index contributed by atoms with van der Waals surface area (Å²) in [4.78, 5) is 11.6. The van der Waals surface area contributed by atoms with E-state index >= 15 is 0 Å². The van der Waals surface area contributed by atoms with Gasteiger partial charge in [-0.05, 0) is 31.0 Å². The molecule has 0 bridgehead atoms. The first-order valence-electron chi connectivity index (χ1n) is 6.99. The average Bonchev–Trinajstić information content (AvgIpc) is 3.15. The maximum absolute atomic E-state index is 12.7. The molecule has 1 aromatic carbocycles. The molecule has 1 N–H and O–H groups in total. The minimum absolute atomic E-state index is 0.289. The zero-order valence-electron chi connectivity index (χ0n) is 11.6. The van der Waals surface area contributed by atoms with E-state index in [1.165, 1.54) is 10.6 Å². The van der Waals surface area contributed by atoms with Crippen LogP contribution < -0.4 is 0 Å². The highest BCUT2D eigenvalue weighted by Crippen LogP contribution is 2.30. The van der Waals surface area contributed by atoms with Crippen LogP contribution in [0.1, 0.15) is 12.8 Å². The lowest BCUT2D eigenvalue weighted by atomic mass is 10.2. The Labute approximate surface area is 132 Å². The van der Waals surface area contributed by atoms with Crippen molar-refractivity contribution >= 4 is 43.6 Å². The van der Waals surface area contributed by atoms with E-state index in [1.54, 1.807) is 18.2 Å². The van der Waals surface area contributed by atoms with Crippen molar-refractivity contribution in [2.24, 2.45) is 0 Å². The van der Waals surface area contributed by atoms with E-state index in [0.29, 0.717) is 29.3 Å². The predicted molar refractivity (Wildman–Crippen MR) is 84.4 cm³/mol. The number of nitrogens with zero attached hydrogens (tertiary/aromatic N) is 3. The van der Waals surface area contributed by atoms with E-state index in [2.05, 4.69) is 15.0 Å². The van der Waals surface area contributed by atoms with Gasteiger partial charge in [0.2, 0.25) is 10.0 Å². The highest BCUT2D eigenvalue weighted by Gasteiger charge is 2.27. The van der Waals surface area contributed by atoms with Crippen LogP contribution in [0.5, 0.6) is 0 Å². The van der Waals surface area contributed by atoms with Crippen LogP contribution in [0.4, 0.5) is 0 Å². The Bertz CT molecular complexity index is 977. The molecule has 0 unspecified atom stereocenters. The van der Waals surface area contributed by atoms with Crippen molar-refractivity contribution < 1.29 is 8.42 Å². The fourth-order valence-corrected chi connectivity index (χ4v) is 4.60. The lowest BCUT2D eigenvalue weighted by molar-refractivity contribution is 0.477. The van der Waals surface area contributed by atoms with Crippen LogP contribution in [0.2, 0.25) is 5.15 Å². The largest absolute Gasteiger partial charge is 0.351 e. The number of benzene rings is 1. The number of hydrogen-bond acceptors (Lipinski definition) is 4. The summed E-state index contributed by atoms with van der Waals surface area (Å²) >= 11 is 6.05. The normalized spacial score (nSPS) is 16.8. The Balaban J connectivity index is 1.93. The first kappa shape index (κ1) is 13.9. The number of hydrogen-bond donors (Lipinski definition) is 1. The summed E-state index contributed by atoms with van der Waals surface area (Å²) in [5.41, 5.74) is 2.04.